The van der Waals surface area contributed by atoms with Crippen LogP contribution in [0, 0.1) is 0 Å². The Bertz CT molecular complexity index is 262. The van der Waals surface area contributed by atoms with Crippen molar-refractivity contribution in [3.63, 3.8) is 0 Å². The molecule has 18 heavy (non-hydrogen) atoms. The highest BCUT2D eigenvalue weighted by Gasteiger charge is 2.35. The van der Waals surface area contributed by atoms with Gasteiger partial charge in [-0.1, -0.05) is 13.3 Å². The van der Waals surface area contributed by atoms with E-state index < -0.39 is 23.3 Å². The zero-order valence-electron chi connectivity index (χ0n) is 12.4. The molecule has 0 aromatic carbocycles. The first-order valence-electron chi connectivity index (χ1n) is 6.34. The molecule has 0 aliphatic rings. The number of aliphatic hydroxyl groups is 1. The largest absolute Gasteiger partial charge is 0.444 e. The third-order valence-electron chi connectivity index (χ3n) is 2.82. The minimum absolute atomic E-state index is 0.191. The fraction of sp³-hybridized carbons (Fsp3) is 0.923. The highest BCUT2D eigenvalue weighted by atomic mass is 16.6. The topological polar surface area (TPSA) is 67.8 Å². The summed E-state index contributed by atoms with van der Waals surface area (Å²) >= 11 is 0. The number of carbonyl (C=O) groups is 1. The normalized spacial score (nSPS) is 16.8. The molecule has 0 aliphatic carbocycles. The average molecular weight is 261 g/mol. The van der Waals surface area contributed by atoms with Crippen LogP contribution < -0.4 is 5.32 Å². The highest BCUT2D eigenvalue weighted by molar-refractivity contribution is 5.68. The molecule has 0 bridgehead atoms. The lowest BCUT2D eigenvalue weighted by molar-refractivity contribution is -0.0492. The quantitative estimate of drug-likeness (QED) is 0.768. The number of nitrogens with one attached hydrogen (secondary N) is 1. The number of alkyl carbamates (subject to hydrolysis) is 1. The average Bonchev–Trinajstić information content (AvgIpc) is 2.23. The summed E-state index contributed by atoms with van der Waals surface area (Å²) in [6, 6.07) is -0.489. The predicted molar refractivity (Wildman–Crippen MR) is 70.6 cm³/mol. The van der Waals surface area contributed by atoms with Crippen molar-refractivity contribution in [2.75, 3.05) is 13.7 Å². The van der Waals surface area contributed by atoms with Gasteiger partial charge in [-0.15, -0.1) is 0 Å². The molecule has 0 saturated carbocycles. The van der Waals surface area contributed by atoms with Crippen molar-refractivity contribution in [3.8, 4) is 0 Å². The lowest BCUT2D eigenvalue weighted by atomic mass is 9.91. The van der Waals surface area contributed by atoms with E-state index in [0.29, 0.717) is 0 Å². The molecule has 1 amide bonds. The standard InChI is InChI=1S/C13H27NO4/c1-7-8-13(5,17-6)10(9-15)14-11(16)18-12(2,3)4/h10,15H,7-9H2,1-6H3,(H,14,16)/t10-,13+/m1/s1. The Balaban J connectivity index is 4.63. The molecule has 5 heteroatoms. The summed E-state index contributed by atoms with van der Waals surface area (Å²) < 4.78 is 10.6. The van der Waals surface area contributed by atoms with Gasteiger partial charge in [-0.05, 0) is 34.1 Å². The Labute approximate surface area is 110 Å². The molecule has 0 unspecified atom stereocenters. The minimum atomic E-state index is -0.597. The first kappa shape index (κ1) is 17.2. The summed E-state index contributed by atoms with van der Waals surface area (Å²) in [6.45, 7) is 9.09. The summed E-state index contributed by atoms with van der Waals surface area (Å²) in [5.74, 6) is 0. The Morgan fingerprint density at radius 1 is 1.33 bits per heavy atom. The van der Waals surface area contributed by atoms with Gasteiger partial charge in [0.1, 0.15) is 5.60 Å². The number of ether oxygens (including phenoxy) is 2. The second-order valence-electron chi connectivity index (χ2n) is 5.65. The minimum Gasteiger partial charge on any atom is -0.444 e. The van der Waals surface area contributed by atoms with Crippen molar-refractivity contribution < 1.29 is 19.4 Å². The summed E-state index contributed by atoms with van der Waals surface area (Å²) in [5, 5.41) is 12.1. The van der Waals surface area contributed by atoms with Crippen LogP contribution in [-0.4, -0.2) is 42.2 Å². The fourth-order valence-electron chi connectivity index (χ4n) is 1.76. The lowest BCUT2D eigenvalue weighted by Crippen LogP contribution is -2.55. The molecule has 0 aromatic rings. The smallest absolute Gasteiger partial charge is 0.408 e. The molecule has 2 N–H and O–H groups in total. The van der Waals surface area contributed by atoms with Crippen molar-refractivity contribution in [1.29, 1.82) is 0 Å². The SMILES string of the molecule is CCC[C@](C)(OC)[C@@H](CO)NC(=O)OC(C)(C)C. The monoisotopic (exact) mass is 261 g/mol. The van der Waals surface area contributed by atoms with Gasteiger partial charge in [0.05, 0.1) is 18.2 Å². The van der Waals surface area contributed by atoms with E-state index in [4.69, 9.17) is 9.47 Å². The molecule has 2 atom stereocenters. The van der Waals surface area contributed by atoms with Gasteiger partial charge in [-0.3, -0.25) is 0 Å². The van der Waals surface area contributed by atoms with Crippen molar-refractivity contribution in [2.24, 2.45) is 0 Å². The van der Waals surface area contributed by atoms with E-state index in [-0.39, 0.29) is 6.61 Å². The third kappa shape index (κ3) is 5.69. The Morgan fingerprint density at radius 3 is 2.22 bits per heavy atom. The molecule has 0 aromatic heterocycles. The van der Waals surface area contributed by atoms with Crippen LogP contribution in [0.15, 0.2) is 0 Å². The van der Waals surface area contributed by atoms with Gasteiger partial charge < -0.3 is 19.9 Å². The van der Waals surface area contributed by atoms with E-state index in [1.807, 2.05) is 13.8 Å². The molecule has 0 fully saturated rings. The van der Waals surface area contributed by atoms with Crippen molar-refractivity contribution in [1.82, 2.24) is 5.32 Å². The Hall–Kier alpha value is -0.810. The number of hydrogen-bond donors (Lipinski definition) is 2. The number of hydrogen-bond acceptors (Lipinski definition) is 4. The number of methoxy groups -OCH3 is 1. The van der Waals surface area contributed by atoms with Crippen LogP contribution in [0.1, 0.15) is 47.5 Å². The first-order valence-corrected chi connectivity index (χ1v) is 6.34. The van der Waals surface area contributed by atoms with Crippen LogP contribution in [0.5, 0.6) is 0 Å². The van der Waals surface area contributed by atoms with Crippen LogP contribution in [0.4, 0.5) is 4.79 Å². The van der Waals surface area contributed by atoms with Gasteiger partial charge in [-0.2, -0.15) is 0 Å². The maximum Gasteiger partial charge on any atom is 0.408 e. The summed E-state index contributed by atoms with van der Waals surface area (Å²) in [4.78, 5) is 11.7. The van der Waals surface area contributed by atoms with E-state index in [1.165, 1.54) is 0 Å². The lowest BCUT2D eigenvalue weighted by Gasteiger charge is -2.36. The zero-order valence-corrected chi connectivity index (χ0v) is 12.4. The number of rotatable bonds is 6. The zero-order chi connectivity index (χ0) is 14.4. The van der Waals surface area contributed by atoms with Gasteiger partial charge in [0.25, 0.3) is 0 Å². The maximum absolute atomic E-state index is 11.7. The van der Waals surface area contributed by atoms with E-state index in [2.05, 4.69) is 5.32 Å². The Morgan fingerprint density at radius 2 is 1.89 bits per heavy atom. The van der Waals surface area contributed by atoms with E-state index in [0.717, 1.165) is 12.8 Å². The molecule has 0 rings (SSSR count). The molecule has 0 spiro atoms. The van der Waals surface area contributed by atoms with Gasteiger partial charge in [-0.25, -0.2) is 4.79 Å². The van der Waals surface area contributed by atoms with Crippen LogP contribution in [0.25, 0.3) is 0 Å². The number of amides is 1. The molecule has 5 nitrogen and oxygen atoms in total. The summed E-state index contributed by atoms with van der Waals surface area (Å²) in [6.07, 6.45) is 1.10. The maximum atomic E-state index is 11.7. The second kappa shape index (κ2) is 6.95. The van der Waals surface area contributed by atoms with Crippen LogP contribution in [0.2, 0.25) is 0 Å². The molecular weight excluding hydrogens is 234 g/mol. The molecule has 0 radical (unpaired) electrons. The first-order chi connectivity index (χ1) is 8.18. The van der Waals surface area contributed by atoms with Gasteiger partial charge >= 0.3 is 6.09 Å². The van der Waals surface area contributed by atoms with E-state index in [1.54, 1.807) is 27.9 Å². The fourth-order valence-corrected chi connectivity index (χ4v) is 1.76. The molecular formula is C13H27NO4. The summed E-state index contributed by atoms with van der Waals surface area (Å²) in [7, 11) is 1.58. The van der Waals surface area contributed by atoms with E-state index in [9.17, 15) is 9.90 Å². The van der Waals surface area contributed by atoms with Crippen molar-refractivity contribution >= 4 is 6.09 Å². The van der Waals surface area contributed by atoms with Gasteiger partial charge in [0, 0.05) is 7.11 Å². The van der Waals surface area contributed by atoms with Gasteiger partial charge in [0.15, 0.2) is 0 Å². The van der Waals surface area contributed by atoms with Crippen LogP contribution in [0.3, 0.4) is 0 Å². The predicted octanol–water partition coefficient (Wildman–Crippen LogP) is 2.08. The van der Waals surface area contributed by atoms with Gasteiger partial charge in [0.2, 0.25) is 0 Å². The van der Waals surface area contributed by atoms with Crippen LogP contribution in [-0.2, 0) is 9.47 Å². The van der Waals surface area contributed by atoms with Crippen LogP contribution >= 0.6 is 0 Å². The molecule has 108 valence electrons. The third-order valence-corrected chi connectivity index (χ3v) is 2.82. The Kier molecular flexibility index (Phi) is 6.63. The molecule has 0 aliphatic heterocycles. The molecule has 0 saturated heterocycles. The van der Waals surface area contributed by atoms with Crippen molar-refractivity contribution in [3.05, 3.63) is 0 Å². The highest BCUT2D eigenvalue weighted by Crippen LogP contribution is 2.21. The molecule has 0 heterocycles. The second-order valence-corrected chi connectivity index (χ2v) is 5.65. The number of carbonyl (C=O) groups excluding carboxylic acids is 1. The number of aliphatic hydroxyl groups excluding tert-OH is 1. The van der Waals surface area contributed by atoms with Crippen molar-refractivity contribution in [2.45, 2.75) is 64.7 Å². The summed E-state index contributed by atoms with van der Waals surface area (Å²) in [5.41, 5.74) is -1.15. The van der Waals surface area contributed by atoms with E-state index >= 15 is 0 Å².